The monoisotopic (exact) mass is 840 g/mol. The quantitative estimate of drug-likeness (QED) is 0.0738. The first-order valence-corrected chi connectivity index (χ1v) is 21.6. The molecule has 4 aromatic carbocycles. The molecule has 11 nitrogen and oxygen atoms in total. The van der Waals surface area contributed by atoms with Gasteiger partial charge in [-0.3, -0.25) is 9.59 Å². The highest BCUT2D eigenvalue weighted by atomic mass is 35.5. The predicted octanol–water partition coefficient (Wildman–Crippen LogP) is 8.31. The second kappa shape index (κ2) is 19.7. The molecule has 2 aliphatic heterocycles. The minimum absolute atomic E-state index is 0.0119. The van der Waals surface area contributed by atoms with Gasteiger partial charge in [-0.05, 0) is 59.6 Å². The first kappa shape index (κ1) is 45.9. The molecule has 0 spiro atoms. The van der Waals surface area contributed by atoms with Crippen molar-refractivity contribution in [2.45, 2.75) is 71.8 Å². The number of benzene rings is 4. The minimum atomic E-state index is -2.63. The van der Waals surface area contributed by atoms with Crippen LogP contribution in [0.4, 0.5) is 17.1 Å². The van der Waals surface area contributed by atoms with Crippen LogP contribution in [0.25, 0.3) is 21.5 Å². The van der Waals surface area contributed by atoms with Crippen molar-refractivity contribution >= 4 is 95.3 Å². The van der Waals surface area contributed by atoms with Gasteiger partial charge in [0, 0.05) is 79.0 Å². The van der Waals surface area contributed by atoms with Gasteiger partial charge < -0.3 is 44.7 Å². The van der Waals surface area contributed by atoms with Gasteiger partial charge in [-0.2, -0.15) is 0 Å². The number of hydrogen-bond donors (Lipinski definition) is 4. The Bertz CT molecular complexity index is 2050. The third kappa shape index (κ3) is 8.52. The van der Waals surface area contributed by atoms with Crippen LogP contribution in [0, 0.1) is 16.7 Å². The third-order valence-corrected chi connectivity index (χ3v) is 12.2. The van der Waals surface area contributed by atoms with Gasteiger partial charge in [0.2, 0.25) is 11.8 Å². The fourth-order valence-corrected chi connectivity index (χ4v) is 9.36. The van der Waals surface area contributed by atoms with E-state index in [1.807, 2.05) is 82.8 Å². The topological polar surface area (TPSA) is 162 Å². The Hall–Kier alpha value is -3.83. The lowest BCUT2D eigenvalue weighted by molar-refractivity contribution is -0.204. The largest absolute Gasteiger partial charge is 0.426 e. The number of carbonyl (C=O) groups excluding carboxylic acids is 4. The number of fused-ring (bicyclic) bond motifs is 6. The summed E-state index contributed by atoms with van der Waals surface area (Å²) in [4.78, 5) is 69.1. The molecule has 57 heavy (non-hydrogen) atoms. The summed E-state index contributed by atoms with van der Waals surface area (Å²) in [6.45, 7) is 11.1. The number of rotatable bonds is 9. The summed E-state index contributed by atoms with van der Waals surface area (Å²) < 4.78 is 5.41. The van der Waals surface area contributed by atoms with E-state index in [1.165, 1.54) is 17.3 Å². The summed E-state index contributed by atoms with van der Waals surface area (Å²) >= 11 is 11.1. The minimum Gasteiger partial charge on any atom is -0.426 e. The van der Waals surface area contributed by atoms with Crippen molar-refractivity contribution in [1.82, 2.24) is 0 Å². The molecule has 2 bridgehead atoms. The Morgan fingerprint density at radius 2 is 1.49 bits per heavy atom. The summed E-state index contributed by atoms with van der Waals surface area (Å²) in [6.07, 6.45) is 5.27. The molecule has 0 unspecified atom stereocenters. The molecule has 2 amide bonds. The van der Waals surface area contributed by atoms with Crippen LogP contribution in [0.1, 0.15) is 70.4 Å². The van der Waals surface area contributed by atoms with Crippen LogP contribution in [0.5, 0.6) is 5.75 Å². The lowest BCUT2D eigenvalue weighted by atomic mass is 9.34. The van der Waals surface area contributed by atoms with Crippen molar-refractivity contribution in [3.8, 4) is 5.75 Å². The summed E-state index contributed by atoms with van der Waals surface area (Å²) in [5.41, 5.74) is 9.30. The molecule has 3 aliphatic carbocycles. The van der Waals surface area contributed by atoms with Crippen molar-refractivity contribution in [3.05, 3.63) is 71.8 Å². The third-order valence-electron chi connectivity index (χ3n) is 11.4. The molecule has 4 aromatic rings. The molecule has 9 rings (SSSR count). The van der Waals surface area contributed by atoms with Crippen LogP contribution in [0.3, 0.4) is 0 Å². The molecule has 308 valence electrons. The predicted molar refractivity (Wildman–Crippen MR) is 234 cm³/mol. The number of nitrogens with two attached hydrogens (primary N) is 1. The zero-order chi connectivity index (χ0) is 42.2. The number of nitrogens with one attached hydrogen (secondary N) is 1. The number of nitrogens with zero attached hydrogens (tertiary/aromatic N) is 2. The molecular weight excluding hydrogens is 786 g/mol. The maximum Gasteiger partial charge on any atom is 0.391 e. The standard InChI is InChI=1S/C33H31ClN3O5P.C6H13NO.C2H6.CH3Cl.CH2O/c1-35-25-12-26-22(20-6-2-3-7-21(20)25)10-11-36(26)30(38)32-16-33(17-32,18-32)31(39)37-15-19(14-34)29-24-9-5-4-8-23(24)28(13-27(29)37)42-43(40)41;1-5(2)6(7)3-4-8;3*1-2/h2-9,12-13,19,35,40-41H,10-11,14-18H2,1H3;4-6H,3,7H2,1-2H3;1-2H3;1H3;1H2/t19-,32?,33?;6-;;;/m11.../s1. The Morgan fingerprint density at radius 3 is 2.00 bits per heavy atom. The maximum atomic E-state index is 14.2. The molecule has 3 fully saturated rings. The van der Waals surface area contributed by atoms with E-state index in [0.29, 0.717) is 62.0 Å². The Labute approximate surface area is 346 Å². The van der Waals surface area contributed by atoms with Crippen molar-refractivity contribution < 1.29 is 33.5 Å². The number of alkyl halides is 2. The van der Waals surface area contributed by atoms with Gasteiger partial charge in [0.1, 0.15) is 18.8 Å². The highest BCUT2D eigenvalue weighted by Gasteiger charge is 2.76. The van der Waals surface area contributed by atoms with Gasteiger partial charge in [0.05, 0.1) is 16.5 Å². The fraction of sp³-hybridized carbons (Fsp3) is 0.442. The average molecular weight is 842 g/mol. The van der Waals surface area contributed by atoms with E-state index in [-0.39, 0.29) is 23.8 Å². The van der Waals surface area contributed by atoms with Crippen LogP contribution in [0.2, 0.25) is 0 Å². The van der Waals surface area contributed by atoms with Gasteiger partial charge in [0.15, 0.2) is 0 Å². The Kier molecular flexibility index (Phi) is 15.9. The molecule has 3 saturated carbocycles. The zero-order valence-corrected chi connectivity index (χ0v) is 36.0. The molecule has 0 saturated heterocycles. The number of hydrogen-bond acceptors (Lipinski definition) is 9. The number of anilines is 3. The Morgan fingerprint density at radius 1 is 0.947 bits per heavy atom. The molecule has 2 heterocycles. The number of amides is 2. The number of aldehydes is 1. The fourth-order valence-electron chi connectivity index (χ4n) is 8.78. The van der Waals surface area contributed by atoms with E-state index < -0.39 is 19.4 Å². The lowest BCUT2D eigenvalue weighted by Gasteiger charge is -2.69. The summed E-state index contributed by atoms with van der Waals surface area (Å²) in [7, 11) is -0.729. The van der Waals surface area contributed by atoms with E-state index >= 15 is 0 Å². The lowest BCUT2D eigenvalue weighted by Crippen LogP contribution is -2.72. The molecular formula is C43H55Cl2N4O7P. The van der Waals surface area contributed by atoms with Gasteiger partial charge in [-0.25, -0.2) is 0 Å². The van der Waals surface area contributed by atoms with Gasteiger partial charge in [0.25, 0.3) is 0 Å². The average Bonchev–Trinajstić information content (AvgIpc) is 3.81. The Balaban J connectivity index is 0.000000452. The summed E-state index contributed by atoms with van der Waals surface area (Å²) in [6, 6.07) is 19.8. The van der Waals surface area contributed by atoms with E-state index in [9.17, 15) is 24.2 Å². The second-order valence-electron chi connectivity index (χ2n) is 14.8. The normalized spacial score (nSPS) is 21.1. The van der Waals surface area contributed by atoms with Crippen molar-refractivity contribution in [1.29, 1.82) is 0 Å². The van der Waals surface area contributed by atoms with Crippen LogP contribution >= 0.6 is 31.8 Å². The van der Waals surface area contributed by atoms with Crippen molar-refractivity contribution in [3.63, 3.8) is 0 Å². The maximum absolute atomic E-state index is 14.2. The number of halogens is 2. The smallest absolute Gasteiger partial charge is 0.391 e. The zero-order valence-electron chi connectivity index (χ0n) is 33.6. The van der Waals surface area contributed by atoms with Gasteiger partial charge in [-0.15, -0.1) is 23.2 Å². The van der Waals surface area contributed by atoms with Crippen LogP contribution < -0.4 is 25.4 Å². The van der Waals surface area contributed by atoms with E-state index in [2.05, 4.69) is 35.1 Å². The van der Waals surface area contributed by atoms with Gasteiger partial charge >= 0.3 is 8.60 Å². The molecule has 2 atom stereocenters. The van der Waals surface area contributed by atoms with Crippen molar-refractivity contribution in [2.75, 3.05) is 47.5 Å². The first-order chi connectivity index (χ1) is 27.5. The van der Waals surface area contributed by atoms with Crippen LogP contribution in [0.15, 0.2) is 60.7 Å². The number of carbonyl (C=O) groups is 4. The highest BCUT2D eigenvalue weighted by molar-refractivity contribution is 7.39. The van der Waals surface area contributed by atoms with Crippen LogP contribution in [-0.2, 0) is 25.6 Å². The van der Waals surface area contributed by atoms with Gasteiger partial charge in [-0.1, -0.05) is 76.2 Å². The highest BCUT2D eigenvalue weighted by Crippen LogP contribution is 2.75. The van der Waals surface area contributed by atoms with Crippen molar-refractivity contribution in [2.24, 2.45) is 22.5 Å². The van der Waals surface area contributed by atoms with Crippen LogP contribution in [-0.4, -0.2) is 73.1 Å². The SMILES string of the molecule is C=O.CC.CC(C)[C@H](N)CC=O.CCl.CNc1cc2c(c3ccccc13)CCN2C(=O)C12CC(C(=O)N3C[C@@H](CCl)c4c3cc(OP(O)O)c3ccccc43)(C1)C2. The van der Waals surface area contributed by atoms with E-state index in [0.717, 1.165) is 45.8 Å². The second-order valence-corrected chi connectivity index (χ2v) is 15.8. The summed E-state index contributed by atoms with van der Waals surface area (Å²) in [5, 5.41) is 7.27. The molecule has 5 aliphatic rings. The summed E-state index contributed by atoms with van der Waals surface area (Å²) in [5.74, 6) is 1.16. The molecule has 14 heteroatoms. The molecule has 5 N–H and O–H groups in total. The van der Waals surface area contributed by atoms with E-state index in [4.69, 9.17) is 26.7 Å². The molecule has 0 aromatic heterocycles. The van der Waals surface area contributed by atoms with E-state index in [1.54, 1.807) is 11.0 Å². The molecule has 0 radical (unpaired) electrons. The first-order valence-electron chi connectivity index (χ1n) is 19.2.